The Hall–Kier alpha value is -1.28. The van der Waals surface area contributed by atoms with E-state index < -0.39 is 6.10 Å². The van der Waals surface area contributed by atoms with Crippen molar-refractivity contribution in [1.82, 2.24) is 0 Å². The lowest BCUT2D eigenvalue weighted by Gasteiger charge is -2.14. The standard InChI is InChI=1S/C15H22O2/c1-3-4-5-6-7-11-14(16)13-10-8-9-12-15(13)17-2/h3,8-10,12,14,16H,1,4-7,11H2,2H3. The number of methoxy groups -OCH3 is 1. The second-order valence-corrected chi connectivity index (χ2v) is 4.18. The first-order valence-electron chi connectivity index (χ1n) is 6.21. The van der Waals surface area contributed by atoms with Gasteiger partial charge in [0.05, 0.1) is 13.2 Å². The second kappa shape index (κ2) is 7.91. The van der Waals surface area contributed by atoms with Gasteiger partial charge in [0, 0.05) is 5.56 Å². The Morgan fingerprint density at radius 3 is 2.76 bits per heavy atom. The molecule has 0 amide bonds. The van der Waals surface area contributed by atoms with E-state index in [2.05, 4.69) is 6.58 Å². The number of ether oxygens (including phenoxy) is 1. The average molecular weight is 234 g/mol. The van der Waals surface area contributed by atoms with Crippen molar-refractivity contribution in [3.63, 3.8) is 0 Å². The molecule has 0 aliphatic carbocycles. The van der Waals surface area contributed by atoms with Gasteiger partial charge in [0.2, 0.25) is 0 Å². The molecule has 0 heterocycles. The van der Waals surface area contributed by atoms with Crippen LogP contribution in [0.25, 0.3) is 0 Å². The third-order valence-electron chi connectivity index (χ3n) is 2.88. The van der Waals surface area contributed by atoms with Crippen molar-refractivity contribution in [1.29, 1.82) is 0 Å². The number of hydrogen-bond donors (Lipinski definition) is 1. The van der Waals surface area contributed by atoms with E-state index in [0.29, 0.717) is 0 Å². The molecule has 1 rings (SSSR count). The molecule has 0 aliphatic rings. The van der Waals surface area contributed by atoms with Crippen LogP contribution < -0.4 is 4.74 Å². The predicted octanol–water partition coefficient (Wildman–Crippen LogP) is 3.87. The van der Waals surface area contributed by atoms with Gasteiger partial charge in [0.15, 0.2) is 0 Å². The van der Waals surface area contributed by atoms with Gasteiger partial charge in [-0.05, 0) is 25.3 Å². The second-order valence-electron chi connectivity index (χ2n) is 4.18. The molecule has 1 aromatic carbocycles. The summed E-state index contributed by atoms with van der Waals surface area (Å²) in [5.74, 6) is 0.770. The normalized spacial score (nSPS) is 12.1. The minimum absolute atomic E-state index is 0.421. The SMILES string of the molecule is C=CCCCCCC(O)c1ccccc1OC. The molecule has 1 atom stereocenters. The lowest BCUT2D eigenvalue weighted by Crippen LogP contribution is -2.00. The van der Waals surface area contributed by atoms with E-state index >= 15 is 0 Å². The fourth-order valence-electron chi connectivity index (χ4n) is 1.90. The summed E-state index contributed by atoms with van der Waals surface area (Å²) in [4.78, 5) is 0. The Labute approximate surface area is 104 Å². The first-order valence-corrected chi connectivity index (χ1v) is 6.21. The van der Waals surface area contributed by atoms with Crippen LogP contribution in [-0.4, -0.2) is 12.2 Å². The molecular formula is C15H22O2. The maximum atomic E-state index is 10.1. The highest BCUT2D eigenvalue weighted by molar-refractivity contribution is 5.34. The Bertz CT molecular complexity index is 333. The zero-order valence-corrected chi connectivity index (χ0v) is 10.6. The van der Waals surface area contributed by atoms with Crippen LogP contribution in [0.3, 0.4) is 0 Å². The largest absolute Gasteiger partial charge is 0.496 e. The number of para-hydroxylation sites is 1. The highest BCUT2D eigenvalue weighted by Crippen LogP contribution is 2.28. The average Bonchev–Trinajstić information content (AvgIpc) is 2.38. The molecule has 0 aliphatic heterocycles. The van der Waals surface area contributed by atoms with Crippen molar-refractivity contribution < 1.29 is 9.84 Å². The van der Waals surface area contributed by atoms with E-state index in [9.17, 15) is 5.11 Å². The molecule has 0 radical (unpaired) electrons. The number of benzene rings is 1. The number of aliphatic hydroxyl groups excluding tert-OH is 1. The Morgan fingerprint density at radius 1 is 1.29 bits per heavy atom. The molecule has 2 heteroatoms. The zero-order chi connectivity index (χ0) is 12.5. The van der Waals surface area contributed by atoms with Crippen LogP contribution in [-0.2, 0) is 0 Å². The van der Waals surface area contributed by atoms with Gasteiger partial charge in [-0.1, -0.05) is 37.1 Å². The molecule has 94 valence electrons. The van der Waals surface area contributed by atoms with Crippen LogP contribution in [0.15, 0.2) is 36.9 Å². The molecular weight excluding hydrogens is 212 g/mol. The van der Waals surface area contributed by atoms with E-state index in [4.69, 9.17) is 4.74 Å². The van der Waals surface area contributed by atoms with E-state index in [-0.39, 0.29) is 0 Å². The van der Waals surface area contributed by atoms with Crippen LogP contribution in [0.2, 0.25) is 0 Å². The molecule has 0 saturated heterocycles. The van der Waals surface area contributed by atoms with Gasteiger partial charge in [-0.3, -0.25) is 0 Å². The van der Waals surface area contributed by atoms with Crippen molar-refractivity contribution in [3.8, 4) is 5.75 Å². The van der Waals surface area contributed by atoms with E-state index in [1.165, 1.54) is 0 Å². The van der Waals surface area contributed by atoms with Crippen molar-refractivity contribution in [3.05, 3.63) is 42.5 Å². The quantitative estimate of drug-likeness (QED) is 0.546. The third kappa shape index (κ3) is 4.61. The molecule has 0 bridgehead atoms. The van der Waals surface area contributed by atoms with E-state index in [1.54, 1.807) is 7.11 Å². The summed E-state index contributed by atoms with van der Waals surface area (Å²) in [6.07, 6.45) is 6.70. The Kier molecular flexibility index (Phi) is 6.41. The summed E-state index contributed by atoms with van der Waals surface area (Å²) in [5.41, 5.74) is 0.888. The van der Waals surface area contributed by atoms with E-state index in [0.717, 1.165) is 43.4 Å². The zero-order valence-electron chi connectivity index (χ0n) is 10.6. The van der Waals surface area contributed by atoms with Gasteiger partial charge in [0.25, 0.3) is 0 Å². The molecule has 0 aromatic heterocycles. The fraction of sp³-hybridized carbons (Fsp3) is 0.467. The van der Waals surface area contributed by atoms with Crippen LogP contribution in [0.5, 0.6) is 5.75 Å². The van der Waals surface area contributed by atoms with Gasteiger partial charge in [-0.15, -0.1) is 6.58 Å². The number of rotatable bonds is 8. The number of aliphatic hydroxyl groups is 1. The Morgan fingerprint density at radius 2 is 2.06 bits per heavy atom. The maximum absolute atomic E-state index is 10.1. The highest BCUT2D eigenvalue weighted by atomic mass is 16.5. The monoisotopic (exact) mass is 234 g/mol. The van der Waals surface area contributed by atoms with Crippen LogP contribution in [0, 0.1) is 0 Å². The summed E-state index contributed by atoms with van der Waals surface area (Å²) >= 11 is 0. The van der Waals surface area contributed by atoms with Crippen LogP contribution in [0.4, 0.5) is 0 Å². The summed E-state index contributed by atoms with van der Waals surface area (Å²) in [7, 11) is 1.63. The molecule has 0 fully saturated rings. The molecule has 1 unspecified atom stereocenters. The van der Waals surface area contributed by atoms with Crippen molar-refractivity contribution in [2.75, 3.05) is 7.11 Å². The van der Waals surface area contributed by atoms with Gasteiger partial charge in [-0.25, -0.2) is 0 Å². The highest BCUT2D eigenvalue weighted by Gasteiger charge is 2.11. The molecule has 0 saturated carbocycles. The first kappa shape index (κ1) is 13.8. The third-order valence-corrected chi connectivity index (χ3v) is 2.88. The number of unbranched alkanes of at least 4 members (excludes halogenated alkanes) is 3. The molecule has 1 aromatic rings. The van der Waals surface area contributed by atoms with Gasteiger partial charge >= 0.3 is 0 Å². The predicted molar refractivity (Wildman–Crippen MR) is 71.2 cm³/mol. The van der Waals surface area contributed by atoms with Gasteiger partial charge in [0.1, 0.15) is 5.75 Å². The molecule has 17 heavy (non-hydrogen) atoms. The van der Waals surface area contributed by atoms with Crippen molar-refractivity contribution >= 4 is 0 Å². The fourth-order valence-corrected chi connectivity index (χ4v) is 1.90. The first-order chi connectivity index (χ1) is 8.29. The minimum atomic E-state index is -0.421. The Balaban J connectivity index is 2.40. The van der Waals surface area contributed by atoms with E-state index in [1.807, 2.05) is 30.3 Å². The lowest BCUT2D eigenvalue weighted by molar-refractivity contribution is 0.159. The van der Waals surface area contributed by atoms with Crippen molar-refractivity contribution in [2.24, 2.45) is 0 Å². The maximum Gasteiger partial charge on any atom is 0.124 e. The molecule has 2 nitrogen and oxygen atoms in total. The van der Waals surface area contributed by atoms with Crippen LogP contribution in [0.1, 0.15) is 43.8 Å². The smallest absolute Gasteiger partial charge is 0.124 e. The van der Waals surface area contributed by atoms with Gasteiger partial charge in [-0.2, -0.15) is 0 Å². The number of hydrogen-bond acceptors (Lipinski definition) is 2. The minimum Gasteiger partial charge on any atom is -0.496 e. The van der Waals surface area contributed by atoms with Crippen molar-refractivity contribution in [2.45, 2.75) is 38.2 Å². The summed E-state index contributed by atoms with van der Waals surface area (Å²) in [5, 5.41) is 10.1. The molecule has 0 spiro atoms. The summed E-state index contributed by atoms with van der Waals surface area (Å²) in [6, 6.07) is 7.65. The number of allylic oxidation sites excluding steroid dienone is 1. The van der Waals surface area contributed by atoms with Gasteiger partial charge < -0.3 is 9.84 Å². The molecule has 1 N–H and O–H groups in total. The lowest BCUT2D eigenvalue weighted by atomic mass is 10.0. The topological polar surface area (TPSA) is 29.5 Å². The van der Waals surface area contributed by atoms with Crippen LogP contribution >= 0.6 is 0 Å². The summed E-state index contributed by atoms with van der Waals surface area (Å²) < 4.78 is 5.24. The summed E-state index contributed by atoms with van der Waals surface area (Å²) in [6.45, 7) is 3.70.